The average molecular weight is 415 g/mol. The summed E-state index contributed by atoms with van der Waals surface area (Å²) in [4.78, 5) is 4.47. The Labute approximate surface area is 180 Å². The summed E-state index contributed by atoms with van der Waals surface area (Å²) < 4.78 is 17.2. The van der Waals surface area contributed by atoms with E-state index in [0.717, 1.165) is 62.0 Å². The molecule has 1 aliphatic rings. The van der Waals surface area contributed by atoms with Crippen LogP contribution in [-0.2, 0) is 11.3 Å². The number of likely N-dealkylation sites (N-methyl/N-ethyl adjacent to an activating group) is 1. The van der Waals surface area contributed by atoms with Crippen LogP contribution in [0, 0.1) is 0 Å². The van der Waals surface area contributed by atoms with Gasteiger partial charge in [-0.05, 0) is 37.2 Å². The molecule has 2 aromatic carbocycles. The lowest BCUT2D eigenvalue weighted by Crippen LogP contribution is -2.38. The second-order valence-electron chi connectivity index (χ2n) is 7.64. The smallest absolute Gasteiger partial charge is 0.161 e. The topological polar surface area (TPSA) is 54.4 Å². The molecule has 164 valence electrons. The lowest BCUT2D eigenvalue weighted by atomic mass is 10.1. The number of aliphatic hydroxyl groups excluding tert-OH is 1. The second-order valence-corrected chi connectivity index (χ2v) is 7.64. The molecular weight excluding hydrogens is 380 g/mol. The van der Waals surface area contributed by atoms with Crippen molar-refractivity contribution < 1.29 is 19.3 Å². The molecule has 1 atom stereocenters. The Bertz CT molecular complexity index is 750. The molecule has 0 aliphatic carbocycles. The molecule has 3 rings (SSSR count). The van der Waals surface area contributed by atoms with Gasteiger partial charge in [-0.2, -0.15) is 0 Å². The minimum absolute atomic E-state index is 0.509. The Morgan fingerprint density at radius 3 is 2.57 bits per heavy atom. The highest BCUT2D eigenvalue weighted by atomic mass is 16.5. The maximum Gasteiger partial charge on any atom is 0.161 e. The molecule has 1 aliphatic heterocycles. The molecule has 0 amide bonds. The fraction of sp³-hybridized carbons (Fsp3) is 0.500. The molecule has 0 bridgehead atoms. The fourth-order valence-electron chi connectivity index (χ4n) is 3.60. The van der Waals surface area contributed by atoms with Crippen molar-refractivity contribution in [2.75, 3.05) is 59.7 Å². The van der Waals surface area contributed by atoms with Crippen LogP contribution in [-0.4, -0.2) is 74.6 Å². The number of hydrogen-bond donors (Lipinski definition) is 1. The van der Waals surface area contributed by atoms with Crippen LogP contribution in [0.15, 0.2) is 48.5 Å². The van der Waals surface area contributed by atoms with Crippen LogP contribution in [0.5, 0.6) is 11.5 Å². The van der Waals surface area contributed by atoms with Gasteiger partial charge in [-0.15, -0.1) is 0 Å². The van der Waals surface area contributed by atoms with Crippen LogP contribution in [0.2, 0.25) is 0 Å². The van der Waals surface area contributed by atoms with E-state index >= 15 is 0 Å². The molecule has 0 unspecified atom stereocenters. The van der Waals surface area contributed by atoms with Crippen molar-refractivity contribution in [3.05, 3.63) is 59.7 Å². The Hall–Kier alpha value is -2.12. The van der Waals surface area contributed by atoms with Crippen LogP contribution >= 0.6 is 0 Å². The highest BCUT2D eigenvalue weighted by Crippen LogP contribution is 2.29. The van der Waals surface area contributed by atoms with Gasteiger partial charge in [-0.3, -0.25) is 9.80 Å². The lowest BCUT2D eigenvalue weighted by Gasteiger charge is -2.26. The molecule has 6 nitrogen and oxygen atoms in total. The van der Waals surface area contributed by atoms with Crippen molar-refractivity contribution in [3.8, 4) is 11.5 Å². The molecule has 6 heteroatoms. The molecular formula is C24H34N2O4. The van der Waals surface area contributed by atoms with E-state index in [0.29, 0.717) is 19.8 Å². The summed E-state index contributed by atoms with van der Waals surface area (Å²) >= 11 is 0. The van der Waals surface area contributed by atoms with Gasteiger partial charge >= 0.3 is 0 Å². The van der Waals surface area contributed by atoms with Crippen molar-refractivity contribution in [1.29, 1.82) is 0 Å². The molecule has 1 saturated heterocycles. The third-order valence-electron chi connectivity index (χ3n) is 5.20. The number of morpholine rings is 1. The highest BCUT2D eigenvalue weighted by molar-refractivity contribution is 5.43. The van der Waals surface area contributed by atoms with Gasteiger partial charge in [0.2, 0.25) is 0 Å². The summed E-state index contributed by atoms with van der Waals surface area (Å²) in [5.74, 6) is 1.55. The molecule has 0 radical (unpaired) electrons. The molecule has 30 heavy (non-hydrogen) atoms. The number of nitrogens with zero attached hydrogens (tertiary/aromatic N) is 2. The van der Waals surface area contributed by atoms with E-state index in [-0.39, 0.29) is 0 Å². The van der Waals surface area contributed by atoms with Crippen LogP contribution in [0.3, 0.4) is 0 Å². The molecule has 0 spiro atoms. The van der Waals surface area contributed by atoms with Gasteiger partial charge in [0.25, 0.3) is 0 Å². The van der Waals surface area contributed by atoms with Gasteiger partial charge in [0.15, 0.2) is 11.5 Å². The van der Waals surface area contributed by atoms with Gasteiger partial charge in [0.05, 0.1) is 25.9 Å². The van der Waals surface area contributed by atoms with E-state index in [1.165, 1.54) is 0 Å². The summed E-state index contributed by atoms with van der Waals surface area (Å²) in [5, 5.41) is 10.5. The third kappa shape index (κ3) is 6.99. The molecule has 2 aromatic rings. The third-order valence-corrected chi connectivity index (χ3v) is 5.20. The van der Waals surface area contributed by atoms with E-state index in [1.54, 1.807) is 0 Å². The molecule has 0 saturated carbocycles. The highest BCUT2D eigenvalue weighted by Gasteiger charge is 2.14. The Kier molecular flexibility index (Phi) is 8.96. The van der Waals surface area contributed by atoms with Crippen LogP contribution in [0.25, 0.3) is 0 Å². The standard InChI is InChI=1S/C24H34N2O4/c1-3-29-24-17-20(18-25(2)19-22(27)21-7-5-4-6-8-21)9-10-23(24)30-16-13-26-11-14-28-15-12-26/h4-10,17,22,27H,3,11-16,18-19H2,1-2H3/t22-/m1/s1. The van der Waals surface area contributed by atoms with Crippen molar-refractivity contribution in [2.24, 2.45) is 0 Å². The van der Waals surface area contributed by atoms with Gasteiger partial charge in [0.1, 0.15) is 6.61 Å². The maximum absolute atomic E-state index is 10.5. The van der Waals surface area contributed by atoms with Crippen molar-refractivity contribution in [3.63, 3.8) is 0 Å². The zero-order chi connectivity index (χ0) is 21.2. The second kappa shape index (κ2) is 11.9. The van der Waals surface area contributed by atoms with Crippen molar-refractivity contribution >= 4 is 0 Å². The monoisotopic (exact) mass is 414 g/mol. The zero-order valence-electron chi connectivity index (χ0n) is 18.1. The summed E-state index contributed by atoms with van der Waals surface area (Å²) in [7, 11) is 2.01. The minimum atomic E-state index is -0.509. The van der Waals surface area contributed by atoms with E-state index in [1.807, 2.05) is 56.4 Å². The summed E-state index contributed by atoms with van der Waals surface area (Å²) in [5.41, 5.74) is 2.06. The SMILES string of the molecule is CCOc1cc(CN(C)C[C@@H](O)c2ccccc2)ccc1OCCN1CCOCC1. The van der Waals surface area contributed by atoms with Crippen molar-refractivity contribution in [1.82, 2.24) is 9.80 Å². The van der Waals surface area contributed by atoms with Gasteiger partial charge in [-0.25, -0.2) is 0 Å². The number of benzene rings is 2. The normalized spacial score (nSPS) is 15.9. The quantitative estimate of drug-likeness (QED) is 0.610. The van der Waals surface area contributed by atoms with E-state index in [4.69, 9.17) is 14.2 Å². The zero-order valence-corrected chi connectivity index (χ0v) is 18.1. The first-order valence-corrected chi connectivity index (χ1v) is 10.8. The van der Waals surface area contributed by atoms with E-state index in [2.05, 4.69) is 15.9 Å². The van der Waals surface area contributed by atoms with Gasteiger partial charge in [-0.1, -0.05) is 36.4 Å². The summed E-state index contributed by atoms with van der Waals surface area (Å²) in [6.45, 7) is 8.88. The molecule has 1 heterocycles. The maximum atomic E-state index is 10.5. The molecule has 1 fully saturated rings. The Balaban J connectivity index is 1.54. The first-order chi connectivity index (χ1) is 14.7. The van der Waals surface area contributed by atoms with Crippen LogP contribution in [0.1, 0.15) is 24.2 Å². The Morgan fingerprint density at radius 2 is 1.83 bits per heavy atom. The van der Waals surface area contributed by atoms with Gasteiger partial charge < -0.3 is 19.3 Å². The lowest BCUT2D eigenvalue weighted by molar-refractivity contribution is 0.0321. The van der Waals surface area contributed by atoms with E-state index in [9.17, 15) is 5.11 Å². The average Bonchev–Trinajstić information content (AvgIpc) is 2.76. The first kappa shape index (κ1) is 22.6. The summed E-state index contributed by atoms with van der Waals surface area (Å²) in [6.07, 6.45) is -0.509. The molecule has 1 N–H and O–H groups in total. The Morgan fingerprint density at radius 1 is 1.07 bits per heavy atom. The summed E-state index contributed by atoms with van der Waals surface area (Å²) in [6, 6.07) is 15.9. The predicted octanol–water partition coefficient (Wildman–Crippen LogP) is 2.96. The molecule has 0 aromatic heterocycles. The fourth-order valence-corrected chi connectivity index (χ4v) is 3.60. The van der Waals surface area contributed by atoms with Crippen LogP contribution in [0.4, 0.5) is 0 Å². The predicted molar refractivity (Wildman–Crippen MR) is 118 cm³/mol. The number of hydrogen-bond acceptors (Lipinski definition) is 6. The number of rotatable bonds is 11. The van der Waals surface area contributed by atoms with Crippen LogP contribution < -0.4 is 9.47 Å². The van der Waals surface area contributed by atoms with E-state index < -0.39 is 6.10 Å². The van der Waals surface area contributed by atoms with Gasteiger partial charge in [0, 0.05) is 32.7 Å². The first-order valence-electron chi connectivity index (χ1n) is 10.8. The largest absolute Gasteiger partial charge is 0.490 e. The minimum Gasteiger partial charge on any atom is -0.490 e. The number of aliphatic hydroxyl groups is 1. The van der Waals surface area contributed by atoms with Crippen molar-refractivity contribution in [2.45, 2.75) is 19.6 Å². The number of ether oxygens (including phenoxy) is 3.